The number of H-pyrrole nitrogens is 1. The molecule has 0 spiro atoms. The van der Waals surface area contributed by atoms with E-state index >= 15 is 0 Å². The molecule has 15 nitrogen and oxygen atoms in total. The lowest BCUT2D eigenvalue weighted by molar-refractivity contribution is -0.142. The Hall–Kier alpha value is -5.54. The molecule has 0 aliphatic carbocycles. The number of nitrogens with zero attached hydrogens (tertiary/aromatic N) is 4. The number of carboxylic acids is 1. The lowest BCUT2D eigenvalue weighted by Crippen LogP contribution is -2.50. The van der Waals surface area contributed by atoms with Gasteiger partial charge in [-0.05, 0) is 108 Å². The second-order valence-electron chi connectivity index (χ2n) is 15.1. The third kappa shape index (κ3) is 13.3. The number of aromatic nitrogens is 4. The van der Waals surface area contributed by atoms with E-state index in [1.54, 1.807) is 23.4 Å². The Morgan fingerprint density at radius 1 is 0.895 bits per heavy atom. The van der Waals surface area contributed by atoms with Gasteiger partial charge in [0.05, 0.1) is 25.9 Å². The molecular formula is C42H55N7O8. The number of nitrogens with one attached hydrogen (secondary N) is 3. The van der Waals surface area contributed by atoms with Gasteiger partial charge in [0, 0.05) is 48.9 Å². The molecule has 1 aliphatic heterocycles. The van der Waals surface area contributed by atoms with Crippen molar-refractivity contribution in [3.8, 4) is 17.1 Å². The first kappa shape index (κ1) is 42.6. The van der Waals surface area contributed by atoms with Crippen LogP contribution >= 0.6 is 0 Å². The Bertz CT molecular complexity index is 1890. The minimum absolute atomic E-state index is 0.220. The SMILES string of the molecule is C[C@H](NC(=O)c1cccc(NC2(c3nnc(-c4ccncc4)[nH]3)CCN(C(=O)OC(C)(C)C)CC2)c1)c1cccc(OCCCCCCOCCOCC(=O)O)c1. The minimum Gasteiger partial charge on any atom is -0.494 e. The number of carboxylic acid groups (broad SMARTS) is 1. The Morgan fingerprint density at radius 3 is 2.35 bits per heavy atom. The Morgan fingerprint density at radius 2 is 1.61 bits per heavy atom. The van der Waals surface area contributed by atoms with Crippen LogP contribution in [0.2, 0.25) is 0 Å². The summed E-state index contributed by atoms with van der Waals surface area (Å²) in [7, 11) is 0. The number of likely N-dealkylation sites (tertiary alicyclic amines) is 1. The summed E-state index contributed by atoms with van der Waals surface area (Å²) in [5, 5.41) is 24.4. The fourth-order valence-electron chi connectivity index (χ4n) is 6.42. The van der Waals surface area contributed by atoms with E-state index in [-0.39, 0.29) is 31.3 Å². The van der Waals surface area contributed by atoms with Gasteiger partial charge >= 0.3 is 12.1 Å². The zero-order valence-corrected chi connectivity index (χ0v) is 33.3. The van der Waals surface area contributed by atoms with E-state index in [0.717, 1.165) is 48.2 Å². The molecule has 0 unspecified atom stereocenters. The van der Waals surface area contributed by atoms with Crippen LogP contribution in [0.3, 0.4) is 0 Å². The molecule has 1 atom stereocenters. The van der Waals surface area contributed by atoms with Crippen molar-refractivity contribution in [2.24, 2.45) is 0 Å². The molecule has 57 heavy (non-hydrogen) atoms. The molecule has 306 valence electrons. The average molecular weight is 786 g/mol. The molecule has 0 bridgehead atoms. The molecule has 0 saturated carbocycles. The summed E-state index contributed by atoms with van der Waals surface area (Å²) in [6, 6.07) is 18.6. The van der Waals surface area contributed by atoms with Gasteiger partial charge in [-0.2, -0.15) is 0 Å². The summed E-state index contributed by atoms with van der Waals surface area (Å²) < 4.78 is 22.1. The van der Waals surface area contributed by atoms with Crippen LogP contribution in [-0.2, 0) is 24.5 Å². The molecule has 5 rings (SSSR count). The number of pyridine rings is 1. The number of hydrogen-bond donors (Lipinski definition) is 4. The van der Waals surface area contributed by atoms with Crippen LogP contribution in [-0.4, -0.2) is 99.9 Å². The number of unbranched alkanes of at least 4 members (excludes halogenated alkanes) is 3. The second-order valence-corrected chi connectivity index (χ2v) is 15.1. The summed E-state index contributed by atoms with van der Waals surface area (Å²) in [5.74, 6) is 0.778. The van der Waals surface area contributed by atoms with Crippen molar-refractivity contribution in [1.82, 2.24) is 30.4 Å². The quantitative estimate of drug-likeness (QED) is 0.0691. The Labute approximate surface area is 333 Å². The molecule has 1 aliphatic rings. The van der Waals surface area contributed by atoms with Crippen LogP contribution in [0, 0.1) is 0 Å². The van der Waals surface area contributed by atoms with E-state index in [2.05, 4.69) is 30.8 Å². The van der Waals surface area contributed by atoms with Crippen LogP contribution in [0.15, 0.2) is 73.1 Å². The highest BCUT2D eigenvalue weighted by Crippen LogP contribution is 2.36. The molecule has 15 heteroatoms. The number of anilines is 1. The zero-order chi connectivity index (χ0) is 40.7. The number of rotatable bonds is 20. The van der Waals surface area contributed by atoms with Crippen LogP contribution in [0.5, 0.6) is 5.75 Å². The summed E-state index contributed by atoms with van der Waals surface area (Å²) in [4.78, 5) is 46.2. The van der Waals surface area contributed by atoms with E-state index in [0.29, 0.717) is 63.0 Å². The minimum atomic E-state index is -0.986. The maximum Gasteiger partial charge on any atom is 0.410 e. The topological polar surface area (TPSA) is 190 Å². The maximum absolute atomic E-state index is 13.6. The Kier molecular flexibility index (Phi) is 15.4. The molecule has 0 radical (unpaired) electrons. The first-order valence-electron chi connectivity index (χ1n) is 19.5. The summed E-state index contributed by atoms with van der Waals surface area (Å²) in [6.45, 7) is 9.89. The van der Waals surface area contributed by atoms with Gasteiger partial charge in [0.25, 0.3) is 5.91 Å². The number of ether oxygens (including phenoxy) is 4. The van der Waals surface area contributed by atoms with E-state index < -0.39 is 17.1 Å². The lowest BCUT2D eigenvalue weighted by Gasteiger charge is -2.41. The largest absolute Gasteiger partial charge is 0.494 e. The number of aromatic amines is 1. The van der Waals surface area contributed by atoms with E-state index in [9.17, 15) is 14.4 Å². The molecule has 1 saturated heterocycles. The fraction of sp³-hybridized carbons (Fsp3) is 0.476. The van der Waals surface area contributed by atoms with Gasteiger partial charge in [0.2, 0.25) is 0 Å². The van der Waals surface area contributed by atoms with Crippen LogP contribution in [0.4, 0.5) is 10.5 Å². The second kappa shape index (κ2) is 20.6. The van der Waals surface area contributed by atoms with Gasteiger partial charge in [0.1, 0.15) is 23.5 Å². The van der Waals surface area contributed by atoms with Crippen molar-refractivity contribution in [1.29, 1.82) is 0 Å². The maximum atomic E-state index is 13.6. The number of benzene rings is 2. The highest BCUT2D eigenvalue weighted by molar-refractivity contribution is 5.95. The van der Waals surface area contributed by atoms with Gasteiger partial charge in [-0.1, -0.05) is 24.6 Å². The van der Waals surface area contributed by atoms with Crippen LogP contribution < -0.4 is 15.4 Å². The number of piperidine rings is 1. The molecule has 1 fully saturated rings. The van der Waals surface area contributed by atoms with Gasteiger partial charge in [-0.3, -0.25) is 9.78 Å². The molecule has 3 heterocycles. The molecule has 2 amide bonds. The number of amides is 2. The first-order valence-corrected chi connectivity index (χ1v) is 19.5. The molecule has 4 aromatic rings. The van der Waals surface area contributed by atoms with Gasteiger partial charge < -0.3 is 44.6 Å². The van der Waals surface area contributed by atoms with Crippen LogP contribution in [0.1, 0.15) is 94.0 Å². The van der Waals surface area contributed by atoms with E-state index in [1.165, 1.54) is 0 Å². The first-order chi connectivity index (χ1) is 27.4. The van der Waals surface area contributed by atoms with Crippen molar-refractivity contribution in [3.05, 3.63) is 90.0 Å². The normalized spacial score (nSPS) is 14.4. The number of aliphatic carboxylic acids is 1. The highest BCUT2D eigenvalue weighted by Gasteiger charge is 2.41. The fourth-order valence-corrected chi connectivity index (χ4v) is 6.42. The van der Waals surface area contributed by atoms with Gasteiger partial charge in [-0.25, -0.2) is 9.59 Å². The van der Waals surface area contributed by atoms with E-state index in [4.69, 9.17) is 24.1 Å². The van der Waals surface area contributed by atoms with Crippen molar-refractivity contribution in [2.75, 3.05) is 51.4 Å². The van der Waals surface area contributed by atoms with Gasteiger partial charge in [0.15, 0.2) is 11.6 Å². The summed E-state index contributed by atoms with van der Waals surface area (Å²) in [5.41, 5.74) is 1.68. The molecule has 2 aromatic carbocycles. The number of carbonyl (C=O) groups excluding carboxylic acids is 2. The highest BCUT2D eigenvalue weighted by atomic mass is 16.6. The lowest BCUT2D eigenvalue weighted by atomic mass is 9.86. The monoisotopic (exact) mass is 785 g/mol. The zero-order valence-electron chi connectivity index (χ0n) is 33.3. The van der Waals surface area contributed by atoms with Crippen LogP contribution in [0.25, 0.3) is 11.4 Å². The summed E-state index contributed by atoms with van der Waals surface area (Å²) in [6.07, 6.45) is 7.89. The predicted octanol–water partition coefficient (Wildman–Crippen LogP) is 6.75. The van der Waals surface area contributed by atoms with E-state index in [1.807, 2.05) is 82.3 Å². The van der Waals surface area contributed by atoms with Crippen molar-refractivity contribution in [2.45, 2.75) is 83.4 Å². The third-order valence-electron chi connectivity index (χ3n) is 9.43. The smallest absolute Gasteiger partial charge is 0.410 e. The van der Waals surface area contributed by atoms with Crippen molar-refractivity contribution in [3.63, 3.8) is 0 Å². The average Bonchev–Trinajstić information content (AvgIpc) is 3.70. The van der Waals surface area contributed by atoms with Crippen molar-refractivity contribution >= 4 is 23.7 Å². The number of hydrogen-bond acceptors (Lipinski definition) is 11. The summed E-state index contributed by atoms with van der Waals surface area (Å²) >= 11 is 0. The predicted molar refractivity (Wildman–Crippen MR) is 214 cm³/mol. The molecule has 4 N–H and O–H groups in total. The van der Waals surface area contributed by atoms with Gasteiger partial charge in [-0.15, -0.1) is 10.2 Å². The standard InChI is InChI=1S/C42H55N7O8/c1-30(32-11-10-14-35(28-32)56-24-8-6-5-7-23-54-25-26-55-29-36(50)51)44-38(52)33-12-9-13-34(27-33)46-42(17-21-49(22-18-42)40(53)57-41(2,3)4)39-45-37(47-48-39)31-15-19-43-20-16-31/h9-16,19-20,27-28,30,46H,5-8,17-18,21-26,29H2,1-4H3,(H,44,52)(H,50,51)(H,45,47,48)/t30-/m0/s1. The Balaban J connectivity index is 1.15. The third-order valence-corrected chi connectivity index (χ3v) is 9.43. The number of carbonyl (C=O) groups is 3. The molecular weight excluding hydrogens is 731 g/mol. The van der Waals surface area contributed by atoms with Crippen molar-refractivity contribution < 1.29 is 38.4 Å². The molecule has 2 aromatic heterocycles.